The van der Waals surface area contributed by atoms with E-state index < -0.39 is 5.60 Å². The maximum Gasteiger partial charge on any atom is 0.138 e. The first-order valence-electron chi connectivity index (χ1n) is 9.55. The molecule has 1 spiro atoms. The minimum Gasteiger partial charge on any atom is -0.393 e. The highest BCUT2D eigenvalue weighted by molar-refractivity contribution is 5.85. The third-order valence-electron chi connectivity index (χ3n) is 8.89. The van der Waals surface area contributed by atoms with Crippen LogP contribution in [-0.4, -0.2) is 28.2 Å². The molecule has 3 heteroatoms. The first-order chi connectivity index (χ1) is 10.7. The molecule has 2 N–H and O–H groups in total. The maximum atomic E-state index is 12.5. The first-order valence-corrected chi connectivity index (χ1v) is 9.55. The number of carbonyl (C=O) groups is 1. The van der Waals surface area contributed by atoms with E-state index in [1.54, 1.807) is 0 Å². The quantitative estimate of drug-likeness (QED) is 0.779. The van der Waals surface area contributed by atoms with Crippen molar-refractivity contribution in [2.45, 2.75) is 77.7 Å². The summed E-state index contributed by atoms with van der Waals surface area (Å²) in [5.74, 6) is 1.81. The Morgan fingerprint density at radius 1 is 1.09 bits per heavy atom. The zero-order valence-electron chi connectivity index (χ0n) is 14.9. The minimum atomic E-state index is -0.849. The van der Waals surface area contributed by atoms with Gasteiger partial charge in [-0.1, -0.05) is 20.8 Å². The van der Waals surface area contributed by atoms with Gasteiger partial charge in [0.2, 0.25) is 0 Å². The molecule has 4 saturated carbocycles. The Balaban J connectivity index is 1.73. The molecule has 4 rings (SSSR count). The van der Waals surface area contributed by atoms with Gasteiger partial charge in [0.05, 0.1) is 12.2 Å². The molecule has 0 amide bonds. The van der Waals surface area contributed by atoms with Gasteiger partial charge in [-0.2, -0.15) is 0 Å². The lowest BCUT2D eigenvalue weighted by molar-refractivity contribution is -0.165. The Kier molecular flexibility index (Phi) is 3.22. The van der Waals surface area contributed by atoms with Crippen LogP contribution in [0.1, 0.15) is 72.1 Å². The number of carbonyl (C=O) groups excluding carboxylic acids is 1. The summed E-state index contributed by atoms with van der Waals surface area (Å²) >= 11 is 0. The van der Waals surface area contributed by atoms with Gasteiger partial charge in [-0.15, -0.1) is 0 Å². The standard InChI is InChI=1S/C20H32O3/c1-17(2)14-6-9-19-10-13(20(23,11-19)12-21)4-5-15(19)18(14,3)8-7-16(17)22/h13-15,21,23H,4-12H2,1-3H3/t13-,14-,15+,18+,19+,20+/m1/s1. The van der Waals surface area contributed by atoms with Crippen LogP contribution in [-0.2, 0) is 4.79 Å². The summed E-state index contributed by atoms with van der Waals surface area (Å²) in [6, 6.07) is 0. The second-order valence-electron chi connectivity index (χ2n) is 10.1. The lowest BCUT2D eigenvalue weighted by Crippen LogP contribution is -2.58. The molecule has 0 radical (unpaired) electrons. The molecule has 3 nitrogen and oxygen atoms in total. The van der Waals surface area contributed by atoms with Gasteiger partial charge < -0.3 is 10.2 Å². The lowest BCUT2D eigenvalue weighted by atomic mass is 9.41. The third-order valence-corrected chi connectivity index (χ3v) is 8.89. The topological polar surface area (TPSA) is 57.5 Å². The average molecular weight is 320 g/mol. The maximum absolute atomic E-state index is 12.5. The second kappa shape index (κ2) is 4.60. The minimum absolute atomic E-state index is 0.0870. The Labute approximate surface area is 139 Å². The van der Waals surface area contributed by atoms with Gasteiger partial charge in [-0.25, -0.2) is 0 Å². The number of aliphatic hydroxyl groups is 2. The zero-order valence-corrected chi connectivity index (χ0v) is 14.9. The van der Waals surface area contributed by atoms with E-state index in [9.17, 15) is 15.0 Å². The van der Waals surface area contributed by atoms with Crippen LogP contribution >= 0.6 is 0 Å². The summed E-state index contributed by atoms with van der Waals surface area (Å²) in [4.78, 5) is 12.5. The predicted octanol–water partition coefficient (Wildman–Crippen LogP) is 3.32. The Morgan fingerprint density at radius 3 is 2.52 bits per heavy atom. The van der Waals surface area contributed by atoms with E-state index in [1.165, 1.54) is 6.42 Å². The normalized spacial score (nSPS) is 54.5. The fraction of sp³-hybridized carbons (Fsp3) is 0.950. The number of hydrogen-bond donors (Lipinski definition) is 2. The summed E-state index contributed by atoms with van der Waals surface area (Å²) < 4.78 is 0. The van der Waals surface area contributed by atoms with E-state index >= 15 is 0 Å². The summed E-state index contributed by atoms with van der Waals surface area (Å²) in [6.07, 6.45) is 8.07. The molecular weight excluding hydrogens is 288 g/mol. The van der Waals surface area contributed by atoms with Crippen LogP contribution in [0, 0.1) is 34.0 Å². The van der Waals surface area contributed by atoms with Gasteiger partial charge in [0.25, 0.3) is 0 Å². The highest BCUT2D eigenvalue weighted by Gasteiger charge is 2.67. The number of hydrogen-bond acceptors (Lipinski definition) is 3. The SMILES string of the molecule is CC1(C)C(=O)CC[C@@]2(C)[C@@H]1CC[C@@]13C[C@@H](CC[C@H]12)[C@@](O)(CO)C3. The molecule has 0 aromatic heterocycles. The molecule has 0 heterocycles. The molecule has 130 valence electrons. The van der Waals surface area contributed by atoms with Crippen molar-refractivity contribution >= 4 is 5.78 Å². The summed E-state index contributed by atoms with van der Waals surface area (Å²) in [7, 11) is 0. The first kappa shape index (κ1) is 16.1. The largest absolute Gasteiger partial charge is 0.393 e. The van der Waals surface area contributed by atoms with Crippen LogP contribution in [0.15, 0.2) is 0 Å². The van der Waals surface area contributed by atoms with Crippen molar-refractivity contribution in [3.63, 3.8) is 0 Å². The predicted molar refractivity (Wildman–Crippen MR) is 88.8 cm³/mol. The average Bonchev–Trinajstić information content (AvgIpc) is 2.70. The third kappa shape index (κ3) is 1.87. The van der Waals surface area contributed by atoms with Crippen molar-refractivity contribution in [1.82, 2.24) is 0 Å². The summed E-state index contributed by atoms with van der Waals surface area (Å²) in [6.45, 7) is 6.68. The molecular formula is C20H32O3. The Bertz CT molecular complexity index is 541. The van der Waals surface area contributed by atoms with Gasteiger partial charge in [0.15, 0.2) is 0 Å². The zero-order chi connectivity index (χ0) is 16.7. The van der Waals surface area contributed by atoms with Crippen molar-refractivity contribution in [2.75, 3.05) is 6.61 Å². The van der Waals surface area contributed by atoms with Gasteiger partial charge >= 0.3 is 0 Å². The molecule has 23 heavy (non-hydrogen) atoms. The smallest absolute Gasteiger partial charge is 0.138 e. The van der Waals surface area contributed by atoms with E-state index in [-0.39, 0.29) is 28.8 Å². The number of aliphatic hydroxyl groups excluding tert-OH is 1. The van der Waals surface area contributed by atoms with Gasteiger partial charge in [0.1, 0.15) is 5.78 Å². The van der Waals surface area contributed by atoms with E-state index in [0.717, 1.165) is 44.9 Å². The van der Waals surface area contributed by atoms with Crippen molar-refractivity contribution < 1.29 is 15.0 Å². The van der Waals surface area contributed by atoms with E-state index in [0.29, 0.717) is 17.6 Å². The number of Topliss-reactive ketones (excluding diaryl/α,β-unsaturated/α-hetero) is 1. The molecule has 0 aromatic rings. The van der Waals surface area contributed by atoms with Crippen LogP contribution in [0.4, 0.5) is 0 Å². The molecule has 0 saturated heterocycles. The van der Waals surface area contributed by atoms with Gasteiger partial charge in [0, 0.05) is 11.8 Å². The Hall–Kier alpha value is -0.410. The number of rotatable bonds is 1. The summed E-state index contributed by atoms with van der Waals surface area (Å²) in [5.41, 5.74) is -0.612. The van der Waals surface area contributed by atoms with Crippen molar-refractivity contribution in [3.8, 4) is 0 Å². The van der Waals surface area contributed by atoms with Crippen LogP contribution in [0.2, 0.25) is 0 Å². The molecule has 4 aliphatic carbocycles. The number of ketones is 1. The van der Waals surface area contributed by atoms with Gasteiger partial charge in [-0.3, -0.25) is 4.79 Å². The number of fused-ring (bicyclic) bond motifs is 3. The molecule has 0 unspecified atom stereocenters. The molecule has 6 atom stereocenters. The molecule has 0 aliphatic heterocycles. The van der Waals surface area contributed by atoms with E-state index in [1.807, 2.05) is 0 Å². The monoisotopic (exact) mass is 320 g/mol. The molecule has 4 fully saturated rings. The van der Waals surface area contributed by atoms with Crippen LogP contribution in [0.25, 0.3) is 0 Å². The highest BCUT2D eigenvalue weighted by Crippen LogP contribution is 2.72. The van der Waals surface area contributed by atoms with Crippen LogP contribution in [0.3, 0.4) is 0 Å². The van der Waals surface area contributed by atoms with Crippen molar-refractivity contribution in [3.05, 3.63) is 0 Å². The molecule has 2 bridgehead atoms. The van der Waals surface area contributed by atoms with Gasteiger partial charge in [-0.05, 0) is 73.5 Å². The van der Waals surface area contributed by atoms with Crippen molar-refractivity contribution in [1.29, 1.82) is 0 Å². The molecule has 0 aromatic carbocycles. The van der Waals surface area contributed by atoms with E-state index in [4.69, 9.17) is 0 Å². The molecule has 4 aliphatic rings. The van der Waals surface area contributed by atoms with Crippen LogP contribution < -0.4 is 0 Å². The van der Waals surface area contributed by atoms with E-state index in [2.05, 4.69) is 20.8 Å². The van der Waals surface area contributed by atoms with Crippen LogP contribution in [0.5, 0.6) is 0 Å². The fourth-order valence-electron chi connectivity index (χ4n) is 7.83. The Morgan fingerprint density at radius 2 is 1.83 bits per heavy atom. The lowest BCUT2D eigenvalue weighted by Gasteiger charge is -2.63. The fourth-order valence-corrected chi connectivity index (χ4v) is 7.83. The second-order valence-corrected chi connectivity index (χ2v) is 10.1. The highest BCUT2D eigenvalue weighted by atomic mass is 16.3. The van der Waals surface area contributed by atoms with Crippen molar-refractivity contribution in [2.24, 2.45) is 34.0 Å². The summed E-state index contributed by atoms with van der Waals surface area (Å²) in [5, 5.41) is 20.7.